The summed E-state index contributed by atoms with van der Waals surface area (Å²) in [6, 6.07) is 0.820. The molecule has 1 atom stereocenters. The first kappa shape index (κ1) is 14.2. The molecule has 4 fully saturated rings. The van der Waals surface area contributed by atoms with E-state index in [0.717, 1.165) is 12.1 Å². The van der Waals surface area contributed by atoms with Crippen LogP contribution in [0.5, 0.6) is 0 Å². The van der Waals surface area contributed by atoms with Gasteiger partial charge in [0.05, 0.1) is 17.8 Å². The van der Waals surface area contributed by atoms with Gasteiger partial charge < -0.3 is 10.2 Å². The average molecular weight is 302 g/mol. The summed E-state index contributed by atoms with van der Waals surface area (Å²) >= 11 is 0. The van der Waals surface area contributed by atoms with Crippen molar-refractivity contribution in [2.45, 2.75) is 57.0 Å². The predicted octanol–water partition coefficient (Wildman–Crippen LogP) is 2.21. The van der Waals surface area contributed by atoms with E-state index in [2.05, 4.69) is 15.3 Å². The maximum atomic E-state index is 12.5. The van der Waals surface area contributed by atoms with Crippen molar-refractivity contribution in [2.24, 2.45) is 5.92 Å². The molecule has 0 spiro atoms. The lowest BCUT2D eigenvalue weighted by atomic mass is 9.84. The van der Waals surface area contributed by atoms with E-state index in [1.54, 1.807) is 6.20 Å². The summed E-state index contributed by atoms with van der Waals surface area (Å²) in [5.74, 6) is 0.725. The van der Waals surface area contributed by atoms with Crippen LogP contribution in [0.2, 0.25) is 0 Å². The molecule has 1 N–H and O–H groups in total. The summed E-state index contributed by atoms with van der Waals surface area (Å²) in [4.78, 5) is 15.0. The molecule has 3 aliphatic heterocycles. The van der Waals surface area contributed by atoms with Gasteiger partial charge >= 0.3 is 0 Å². The minimum absolute atomic E-state index is 0.0563. The Morgan fingerprint density at radius 2 is 1.91 bits per heavy atom. The minimum Gasteiger partial charge on any atom is -0.348 e. The number of carbonyl (C=O) groups excluding carboxylic acids is 1. The summed E-state index contributed by atoms with van der Waals surface area (Å²) in [5, 5.41) is 7.70. The van der Waals surface area contributed by atoms with Crippen LogP contribution < -0.4 is 5.32 Å². The number of hydrogen-bond donors (Lipinski definition) is 1. The molecule has 1 aromatic rings. The molecule has 1 saturated carbocycles. The average Bonchev–Trinajstić information content (AvgIpc) is 3.07. The Labute approximate surface area is 132 Å². The molecular weight excluding hydrogens is 276 g/mol. The molecule has 1 amide bonds. The van der Waals surface area contributed by atoms with E-state index in [4.69, 9.17) is 0 Å². The highest BCUT2D eigenvalue weighted by molar-refractivity contribution is 5.93. The number of fused-ring (bicyclic) bond motifs is 3. The number of piperidine rings is 3. The third-order valence-electron chi connectivity index (χ3n) is 5.79. The van der Waals surface area contributed by atoms with E-state index in [9.17, 15) is 4.79 Å². The Bertz CT molecular complexity index is 527. The molecule has 4 aliphatic rings. The van der Waals surface area contributed by atoms with Crippen LogP contribution in [0.25, 0.3) is 0 Å². The number of aromatic nitrogens is 2. The van der Waals surface area contributed by atoms with Gasteiger partial charge in [-0.05, 0) is 44.7 Å². The van der Waals surface area contributed by atoms with E-state index >= 15 is 0 Å². The van der Waals surface area contributed by atoms with Crippen LogP contribution in [0.15, 0.2) is 12.4 Å². The maximum absolute atomic E-state index is 12.5. The first-order valence-electron chi connectivity index (χ1n) is 8.87. The second-order valence-electron chi connectivity index (χ2n) is 7.22. The monoisotopic (exact) mass is 302 g/mol. The third-order valence-corrected chi connectivity index (χ3v) is 5.79. The highest BCUT2D eigenvalue weighted by Gasteiger charge is 2.35. The van der Waals surface area contributed by atoms with Crippen molar-refractivity contribution in [3.05, 3.63) is 18.0 Å². The number of hydrogen-bond acceptors (Lipinski definition) is 3. The van der Waals surface area contributed by atoms with E-state index < -0.39 is 0 Å². The Balaban J connectivity index is 1.39. The summed E-state index contributed by atoms with van der Waals surface area (Å²) in [7, 11) is 0. The van der Waals surface area contributed by atoms with Gasteiger partial charge in [-0.3, -0.25) is 9.48 Å². The number of nitrogens with zero attached hydrogens (tertiary/aromatic N) is 3. The smallest absolute Gasteiger partial charge is 0.254 e. The van der Waals surface area contributed by atoms with Crippen LogP contribution in [0.3, 0.4) is 0 Å². The van der Waals surface area contributed by atoms with Crippen molar-refractivity contribution in [2.75, 3.05) is 19.6 Å². The number of nitrogens with one attached hydrogen (secondary N) is 1. The molecular formula is C17H26N4O. The van der Waals surface area contributed by atoms with Crippen molar-refractivity contribution < 1.29 is 4.79 Å². The minimum atomic E-state index is 0.0563. The molecule has 1 unspecified atom stereocenters. The van der Waals surface area contributed by atoms with Crippen LogP contribution in [-0.4, -0.2) is 46.3 Å². The van der Waals surface area contributed by atoms with E-state index in [1.807, 2.05) is 10.9 Å². The number of rotatable bonds is 3. The van der Waals surface area contributed by atoms with E-state index in [-0.39, 0.29) is 5.91 Å². The van der Waals surface area contributed by atoms with Crippen LogP contribution >= 0.6 is 0 Å². The Kier molecular flexibility index (Phi) is 3.90. The Hall–Kier alpha value is -1.36. The van der Waals surface area contributed by atoms with Gasteiger partial charge in [0.2, 0.25) is 0 Å². The largest absolute Gasteiger partial charge is 0.348 e. The van der Waals surface area contributed by atoms with Crippen molar-refractivity contribution in [1.29, 1.82) is 0 Å². The van der Waals surface area contributed by atoms with E-state index in [1.165, 1.54) is 58.0 Å². The van der Waals surface area contributed by atoms with Gasteiger partial charge in [-0.15, -0.1) is 0 Å². The molecule has 2 bridgehead atoms. The van der Waals surface area contributed by atoms with Crippen molar-refractivity contribution >= 4 is 5.91 Å². The first-order chi connectivity index (χ1) is 10.8. The Morgan fingerprint density at radius 1 is 1.14 bits per heavy atom. The quantitative estimate of drug-likeness (QED) is 0.931. The van der Waals surface area contributed by atoms with Gasteiger partial charge in [0, 0.05) is 18.8 Å². The van der Waals surface area contributed by atoms with Gasteiger partial charge in [0.15, 0.2) is 0 Å². The fourth-order valence-electron chi connectivity index (χ4n) is 4.38. The molecule has 120 valence electrons. The molecule has 1 aliphatic carbocycles. The molecule has 0 radical (unpaired) electrons. The normalized spacial score (nSPS) is 32.1. The highest BCUT2D eigenvalue weighted by atomic mass is 16.1. The predicted molar refractivity (Wildman–Crippen MR) is 84.8 cm³/mol. The van der Waals surface area contributed by atoms with Gasteiger partial charge in [0.25, 0.3) is 5.91 Å². The molecule has 0 aromatic carbocycles. The summed E-state index contributed by atoms with van der Waals surface area (Å²) in [5.41, 5.74) is 0.724. The maximum Gasteiger partial charge on any atom is 0.254 e. The van der Waals surface area contributed by atoms with Gasteiger partial charge in [0.1, 0.15) is 0 Å². The van der Waals surface area contributed by atoms with E-state index in [0.29, 0.717) is 18.0 Å². The second-order valence-corrected chi connectivity index (χ2v) is 7.22. The zero-order chi connectivity index (χ0) is 14.9. The standard InChI is InChI=1S/C17H26N4O/c22-17(19-16-12-20-8-6-13(16)7-9-20)14-10-18-21(11-14)15-4-2-1-3-5-15/h10-11,13,15-16H,1-9,12H2,(H,19,22). The Morgan fingerprint density at radius 3 is 2.59 bits per heavy atom. The van der Waals surface area contributed by atoms with Crippen LogP contribution in [0, 0.1) is 5.92 Å². The molecule has 4 heterocycles. The lowest BCUT2D eigenvalue weighted by molar-refractivity contribution is 0.0620. The fourth-order valence-corrected chi connectivity index (χ4v) is 4.38. The highest BCUT2D eigenvalue weighted by Crippen LogP contribution is 2.29. The number of amides is 1. The molecule has 22 heavy (non-hydrogen) atoms. The molecule has 3 saturated heterocycles. The van der Waals surface area contributed by atoms with Crippen molar-refractivity contribution in [3.63, 3.8) is 0 Å². The molecule has 5 heteroatoms. The third kappa shape index (κ3) is 2.78. The SMILES string of the molecule is O=C(NC1CN2CCC1CC2)c1cnn(C2CCCCC2)c1. The zero-order valence-electron chi connectivity index (χ0n) is 13.2. The lowest BCUT2D eigenvalue weighted by Crippen LogP contribution is -2.57. The van der Waals surface area contributed by atoms with Gasteiger partial charge in [-0.1, -0.05) is 19.3 Å². The lowest BCUT2D eigenvalue weighted by Gasteiger charge is -2.44. The first-order valence-corrected chi connectivity index (χ1v) is 8.87. The summed E-state index contributed by atoms with van der Waals surface area (Å²) in [6.07, 6.45) is 12.4. The van der Waals surface area contributed by atoms with Crippen LogP contribution in [0.1, 0.15) is 61.3 Å². The van der Waals surface area contributed by atoms with Gasteiger partial charge in [-0.25, -0.2) is 0 Å². The zero-order valence-corrected chi connectivity index (χ0v) is 13.2. The topological polar surface area (TPSA) is 50.2 Å². The second kappa shape index (κ2) is 6.03. The van der Waals surface area contributed by atoms with Crippen LogP contribution in [-0.2, 0) is 0 Å². The van der Waals surface area contributed by atoms with Crippen molar-refractivity contribution in [1.82, 2.24) is 20.0 Å². The molecule has 5 rings (SSSR count). The number of carbonyl (C=O) groups is 1. The fraction of sp³-hybridized carbons (Fsp3) is 0.765. The van der Waals surface area contributed by atoms with Gasteiger partial charge in [-0.2, -0.15) is 5.10 Å². The van der Waals surface area contributed by atoms with Crippen LogP contribution in [0.4, 0.5) is 0 Å². The van der Waals surface area contributed by atoms with Crippen molar-refractivity contribution in [3.8, 4) is 0 Å². The summed E-state index contributed by atoms with van der Waals surface area (Å²) in [6.45, 7) is 3.43. The molecule has 1 aromatic heterocycles. The molecule has 5 nitrogen and oxygen atoms in total. The summed E-state index contributed by atoms with van der Waals surface area (Å²) < 4.78 is 2.02.